The van der Waals surface area contributed by atoms with Crippen LogP contribution in [0.5, 0.6) is 5.75 Å². The number of phenolic OH excluding ortho intramolecular Hbond substituents is 1. The summed E-state index contributed by atoms with van der Waals surface area (Å²) in [5, 5.41) is 20.6. The number of aryl methyl sites for hydroxylation is 1. The Labute approximate surface area is 162 Å². The SMILES string of the molecule is Cc1[nH]nc2nc(-c3ccc(O)cc3)cc(C(=O)NC3CC4(CC(N)C4)C3)c12. The fourth-order valence-electron chi connectivity index (χ4n) is 4.87. The van der Waals surface area contributed by atoms with Crippen LogP contribution in [0.25, 0.3) is 22.3 Å². The van der Waals surface area contributed by atoms with Gasteiger partial charge in [-0.15, -0.1) is 0 Å². The number of hydrogen-bond donors (Lipinski definition) is 4. The summed E-state index contributed by atoms with van der Waals surface area (Å²) in [6.07, 6.45) is 4.17. The molecule has 1 aromatic carbocycles. The van der Waals surface area contributed by atoms with Crippen molar-refractivity contribution in [3.63, 3.8) is 0 Å². The third-order valence-electron chi connectivity index (χ3n) is 6.20. The van der Waals surface area contributed by atoms with E-state index in [2.05, 4.69) is 20.5 Å². The van der Waals surface area contributed by atoms with Crippen LogP contribution in [-0.4, -0.2) is 38.3 Å². The molecule has 7 heteroatoms. The van der Waals surface area contributed by atoms with Crippen molar-refractivity contribution in [2.45, 2.75) is 44.7 Å². The molecule has 2 aromatic heterocycles. The number of amides is 1. The molecule has 0 saturated heterocycles. The smallest absolute Gasteiger partial charge is 0.252 e. The number of phenols is 1. The quantitative estimate of drug-likeness (QED) is 0.560. The van der Waals surface area contributed by atoms with Crippen molar-refractivity contribution in [2.75, 3.05) is 0 Å². The first-order valence-electron chi connectivity index (χ1n) is 9.64. The highest BCUT2D eigenvalue weighted by atomic mass is 16.3. The second kappa shape index (κ2) is 6.04. The number of nitrogens with zero attached hydrogens (tertiary/aromatic N) is 2. The molecule has 0 radical (unpaired) electrons. The lowest BCUT2D eigenvalue weighted by molar-refractivity contribution is -0.0159. The van der Waals surface area contributed by atoms with E-state index in [1.165, 1.54) is 0 Å². The number of aromatic amines is 1. The van der Waals surface area contributed by atoms with Gasteiger partial charge in [-0.25, -0.2) is 4.98 Å². The fourth-order valence-corrected chi connectivity index (χ4v) is 4.87. The summed E-state index contributed by atoms with van der Waals surface area (Å²) in [5.74, 6) is 0.0911. The molecule has 28 heavy (non-hydrogen) atoms. The van der Waals surface area contributed by atoms with Gasteiger partial charge >= 0.3 is 0 Å². The Kier molecular flexibility index (Phi) is 3.71. The minimum atomic E-state index is -0.0969. The molecule has 2 aliphatic carbocycles. The van der Waals surface area contributed by atoms with E-state index >= 15 is 0 Å². The van der Waals surface area contributed by atoms with Crippen molar-refractivity contribution in [1.82, 2.24) is 20.5 Å². The van der Waals surface area contributed by atoms with Crippen LogP contribution in [0.2, 0.25) is 0 Å². The van der Waals surface area contributed by atoms with E-state index < -0.39 is 0 Å². The van der Waals surface area contributed by atoms with Gasteiger partial charge in [0.05, 0.1) is 16.6 Å². The molecule has 2 aliphatic rings. The van der Waals surface area contributed by atoms with Gasteiger partial charge in [-0.05, 0) is 68.4 Å². The Balaban J connectivity index is 1.45. The highest BCUT2D eigenvalue weighted by Gasteiger charge is 2.52. The van der Waals surface area contributed by atoms with Gasteiger partial charge in [0.1, 0.15) is 5.75 Å². The number of aromatic hydroxyl groups is 1. The second-order valence-corrected chi connectivity index (χ2v) is 8.40. The van der Waals surface area contributed by atoms with E-state index in [-0.39, 0.29) is 17.7 Å². The topological polar surface area (TPSA) is 117 Å². The Hall–Kier alpha value is -2.93. The number of nitrogens with two attached hydrogens (primary N) is 1. The molecule has 144 valence electrons. The minimum absolute atomic E-state index is 0.0969. The standard InChI is InChI=1S/C21H23N5O2/c1-11-18-16(20(28)23-14-9-21(10-14)7-13(22)8-21)6-17(24-19(18)26-25-11)12-2-4-15(27)5-3-12/h2-6,13-14,27H,7-10,22H2,1H3,(H,23,28)(H,24,25,26). The molecule has 5 rings (SSSR count). The Morgan fingerprint density at radius 2 is 1.96 bits per heavy atom. The van der Waals surface area contributed by atoms with E-state index in [9.17, 15) is 9.90 Å². The largest absolute Gasteiger partial charge is 0.508 e. The fraction of sp³-hybridized carbons (Fsp3) is 0.381. The van der Waals surface area contributed by atoms with Gasteiger partial charge in [0.2, 0.25) is 0 Å². The van der Waals surface area contributed by atoms with E-state index in [0.717, 1.165) is 42.3 Å². The molecule has 0 aliphatic heterocycles. The Bertz CT molecular complexity index is 1060. The van der Waals surface area contributed by atoms with Gasteiger partial charge in [-0.1, -0.05) is 0 Å². The number of nitrogens with one attached hydrogen (secondary N) is 2. The second-order valence-electron chi connectivity index (χ2n) is 8.40. The number of hydrogen-bond acceptors (Lipinski definition) is 5. The van der Waals surface area contributed by atoms with Crippen LogP contribution in [0.1, 0.15) is 41.7 Å². The van der Waals surface area contributed by atoms with Crippen LogP contribution in [0.3, 0.4) is 0 Å². The number of fused-ring (bicyclic) bond motifs is 1. The molecular weight excluding hydrogens is 354 g/mol. The van der Waals surface area contributed by atoms with Crippen molar-refractivity contribution in [2.24, 2.45) is 11.1 Å². The van der Waals surface area contributed by atoms with Gasteiger partial charge in [-0.3, -0.25) is 9.89 Å². The van der Waals surface area contributed by atoms with Crippen molar-refractivity contribution in [1.29, 1.82) is 0 Å². The molecule has 0 bridgehead atoms. The molecular formula is C21H23N5O2. The molecule has 7 nitrogen and oxygen atoms in total. The maximum absolute atomic E-state index is 13.1. The third-order valence-corrected chi connectivity index (χ3v) is 6.20. The number of aromatic nitrogens is 3. The van der Waals surface area contributed by atoms with Gasteiger partial charge in [-0.2, -0.15) is 5.10 Å². The monoisotopic (exact) mass is 377 g/mol. The molecule has 2 fully saturated rings. The lowest BCUT2D eigenvalue weighted by atomic mass is 9.52. The summed E-state index contributed by atoms with van der Waals surface area (Å²) < 4.78 is 0. The van der Waals surface area contributed by atoms with Gasteiger partial charge in [0, 0.05) is 23.3 Å². The summed E-state index contributed by atoms with van der Waals surface area (Å²) >= 11 is 0. The van der Waals surface area contributed by atoms with Crippen molar-refractivity contribution >= 4 is 16.9 Å². The molecule has 0 atom stereocenters. The van der Waals surface area contributed by atoms with Crippen molar-refractivity contribution in [3.05, 3.63) is 41.6 Å². The highest BCUT2D eigenvalue weighted by molar-refractivity contribution is 6.07. The summed E-state index contributed by atoms with van der Waals surface area (Å²) in [6, 6.07) is 9.10. The molecule has 1 amide bonds. The first-order valence-corrected chi connectivity index (χ1v) is 9.64. The van der Waals surface area contributed by atoms with Gasteiger partial charge in [0.15, 0.2) is 5.65 Å². The predicted molar refractivity (Wildman–Crippen MR) is 106 cm³/mol. The van der Waals surface area contributed by atoms with Crippen LogP contribution < -0.4 is 11.1 Å². The number of rotatable bonds is 3. The zero-order chi connectivity index (χ0) is 19.5. The van der Waals surface area contributed by atoms with Gasteiger partial charge in [0.25, 0.3) is 5.91 Å². The number of carbonyl (C=O) groups is 1. The first kappa shape index (κ1) is 17.2. The number of carbonyl (C=O) groups excluding carboxylic acids is 1. The van der Waals surface area contributed by atoms with Gasteiger partial charge < -0.3 is 16.2 Å². The summed E-state index contributed by atoms with van der Waals surface area (Å²) in [5.41, 5.74) is 9.68. The van der Waals surface area contributed by atoms with Crippen molar-refractivity contribution < 1.29 is 9.90 Å². The average molecular weight is 377 g/mol. The van der Waals surface area contributed by atoms with Crippen LogP contribution in [0, 0.1) is 12.3 Å². The average Bonchev–Trinajstić information content (AvgIpc) is 2.99. The highest BCUT2D eigenvalue weighted by Crippen LogP contribution is 2.55. The Morgan fingerprint density at radius 1 is 1.25 bits per heavy atom. The van der Waals surface area contributed by atoms with Crippen LogP contribution in [0.4, 0.5) is 0 Å². The summed E-state index contributed by atoms with van der Waals surface area (Å²) in [7, 11) is 0. The first-order chi connectivity index (χ1) is 13.4. The number of pyridine rings is 1. The number of H-pyrrole nitrogens is 1. The molecule has 2 saturated carbocycles. The normalized spacial score (nSPS) is 26.1. The molecule has 5 N–H and O–H groups in total. The maximum atomic E-state index is 13.1. The van der Waals surface area contributed by atoms with Crippen LogP contribution >= 0.6 is 0 Å². The van der Waals surface area contributed by atoms with E-state index in [0.29, 0.717) is 28.4 Å². The lowest BCUT2D eigenvalue weighted by Gasteiger charge is -2.57. The zero-order valence-corrected chi connectivity index (χ0v) is 15.7. The number of benzene rings is 1. The van der Waals surface area contributed by atoms with E-state index in [1.54, 1.807) is 30.3 Å². The van der Waals surface area contributed by atoms with E-state index in [1.807, 2.05) is 6.92 Å². The summed E-state index contributed by atoms with van der Waals surface area (Å²) in [6.45, 7) is 1.89. The maximum Gasteiger partial charge on any atom is 0.252 e. The molecule has 3 aromatic rings. The molecule has 2 heterocycles. The predicted octanol–water partition coefficient (Wildman–Crippen LogP) is 2.64. The molecule has 0 unspecified atom stereocenters. The minimum Gasteiger partial charge on any atom is -0.508 e. The van der Waals surface area contributed by atoms with Crippen LogP contribution in [0.15, 0.2) is 30.3 Å². The van der Waals surface area contributed by atoms with Crippen molar-refractivity contribution in [3.8, 4) is 17.0 Å². The van der Waals surface area contributed by atoms with Crippen LogP contribution in [-0.2, 0) is 0 Å². The Morgan fingerprint density at radius 3 is 2.64 bits per heavy atom. The zero-order valence-electron chi connectivity index (χ0n) is 15.7. The lowest BCUT2D eigenvalue weighted by Crippen LogP contribution is -2.59. The molecule has 1 spiro atoms. The van der Waals surface area contributed by atoms with E-state index in [4.69, 9.17) is 5.73 Å². The third kappa shape index (κ3) is 2.74. The summed E-state index contributed by atoms with van der Waals surface area (Å²) in [4.78, 5) is 17.7.